The van der Waals surface area contributed by atoms with E-state index in [1.54, 1.807) is 6.26 Å². The normalized spacial score (nSPS) is 12.8. The molecule has 1 N–H and O–H groups in total. The smallest absolute Gasteiger partial charge is 0.117 e. The van der Waals surface area contributed by atoms with Crippen LogP contribution < -0.4 is 5.32 Å². The zero-order chi connectivity index (χ0) is 13.5. The van der Waals surface area contributed by atoms with Crippen LogP contribution in [0.5, 0.6) is 0 Å². The van der Waals surface area contributed by atoms with Crippen LogP contribution in [0.1, 0.15) is 18.2 Å². The molecule has 4 nitrogen and oxygen atoms in total. The third-order valence-corrected chi connectivity index (χ3v) is 3.25. The highest BCUT2D eigenvalue weighted by molar-refractivity contribution is 5.09. The summed E-state index contributed by atoms with van der Waals surface area (Å²) in [6.45, 7) is 4.87. The van der Waals surface area contributed by atoms with Gasteiger partial charge >= 0.3 is 0 Å². The number of pyridine rings is 1. The zero-order valence-corrected chi connectivity index (χ0v) is 11.5. The maximum atomic E-state index is 5.29. The lowest BCUT2D eigenvalue weighted by Gasteiger charge is -2.24. The Morgan fingerprint density at radius 2 is 2.11 bits per heavy atom. The molecule has 0 aliphatic carbocycles. The number of nitrogens with zero attached hydrogens (tertiary/aromatic N) is 2. The van der Waals surface area contributed by atoms with Gasteiger partial charge in [-0.2, -0.15) is 0 Å². The van der Waals surface area contributed by atoms with Crippen molar-refractivity contribution >= 4 is 0 Å². The monoisotopic (exact) mass is 259 g/mol. The first-order chi connectivity index (χ1) is 9.25. The van der Waals surface area contributed by atoms with Gasteiger partial charge in [-0.1, -0.05) is 0 Å². The molecule has 0 aromatic carbocycles. The van der Waals surface area contributed by atoms with E-state index in [1.165, 1.54) is 5.56 Å². The standard InChI is InChI=1S/C15H21N3O/c1-13(10-17-11-15-4-3-9-19-15)18(2)12-14-5-7-16-8-6-14/h3-9,13,17H,10-12H2,1-2H3. The average Bonchev–Trinajstić information content (AvgIpc) is 2.93. The fourth-order valence-corrected chi connectivity index (χ4v) is 1.91. The Morgan fingerprint density at radius 3 is 2.79 bits per heavy atom. The summed E-state index contributed by atoms with van der Waals surface area (Å²) in [5.74, 6) is 0.976. The van der Waals surface area contributed by atoms with Crippen LogP contribution in [-0.2, 0) is 13.1 Å². The largest absolute Gasteiger partial charge is 0.468 e. The first-order valence-electron chi connectivity index (χ1n) is 6.58. The Balaban J connectivity index is 1.71. The maximum absolute atomic E-state index is 5.29. The number of likely N-dealkylation sites (N-methyl/N-ethyl adjacent to an activating group) is 1. The molecule has 0 fully saturated rings. The minimum absolute atomic E-state index is 0.461. The van der Waals surface area contributed by atoms with Gasteiger partial charge in [0.15, 0.2) is 0 Å². The van der Waals surface area contributed by atoms with Crippen LogP contribution in [0.15, 0.2) is 47.3 Å². The van der Waals surface area contributed by atoms with Crippen molar-refractivity contribution in [3.05, 3.63) is 54.2 Å². The number of hydrogen-bond donors (Lipinski definition) is 1. The van der Waals surface area contributed by atoms with Crippen molar-refractivity contribution in [1.29, 1.82) is 0 Å². The number of aromatic nitrogens is 1. The van der Waals surface area contributed by atoms with Gasteiger partial charge in [0.05, 0.1) is 12.8 Å². The summed E-state index contributed by atoms with van der Waals surface area (Å²) in [4.78, 5) is 6.36. The van der Waals surface area contributed by atoms with Crippen LogP contribution in [0.2, 0.25) is 0 Å². The number of hydrogen-bond acceptors (Lipinski definition) is 4. The lowest BCUT2D eigenvalue weighted by molar-refractivity contribution is 0.241. The molecule has 4 heteroatoms. The van der Waals surface area contributed by atoms with Gasteiger partial charge in [0.25, 0.3) is 0 Å². The minimum Gasteiger partial charge on any atom is -0.468 e. The van der Waals surface area contributed by atoms with Crippen LogP contribution >= 0.6 is 0 Å². The lowest BCUT2D eigenvalue weighted by atomic mass is 10.2. The summed E-state index contributed by atoms with van der Waals surface area (Å²) in [6.07, 6.45) is 5.38. The van der Waals surface area contributed by atoms with Gasteiger partial charge in [0, 0.05) is 31.5 Å². The van der Waals surface area contributed by atoms with Crippen LogP contribution in [0, 0.1) is 0 Å². The van der Waals surface area contributed by atoms with Gasteiger partial charge in [-0.3, -0.25) is 9.88 Å². The Morgan fingerprint density at radius 1 is 1.32 bits per heavy atom. The molecule has 0 bridgehead atoms. The second-order valence-electron chi connectivity index (χ2n) is 4.83. The van der Waals surface area contributed by atoms with E-state index in [9.17, 15) is 0 Å². The van der Waals surface area contributed by atoms with E-state index in [1.807, 2.05) is 24.5 Å². The molecule has 2 rings (SSSR count). The van der Waals surface area contributed by atoms with Crippen molar-refractivity contribution in [2.45, 2.75) is 26.1 Å². The summed E-state index contributed by atoms with van der Waals surface area (Å²) in [5.41, 5.74) is 1.29. The molecule has 0 radical (unpaired) electrons. The van der Waals surface area contributed by atoms with Crippen LogP contribution in [-0.4, -0.2) is 29.5 Å². The Labute approximate surface area is 114 Å². The summed E-state index contributed by atoms with van der Waals surface area (Å²) >= 11 is 0. The van der Waals surface area contributed by atoms with Gasteiger partial charge in [-0.15, -0.1) is 0 Å². The quantitative estimate of drug-likeness (QED) is 0.828. The molecule has 0 spiro atoms. The van der Waals surface area contributed by atoms with Crippen molar-refractivity contribution in [2.75, 3.05) is 13.6 Å². The molecule has 0 amide bonds. The van der Waals surface area contributed by atoms with Crippen molar-refractivity contribution in [2.24, 2.45) is 0 Å². The van der Waals surface area contributed by atoms with Crippen molar-refractivity contribution in [3.63, 3.8) is 0 Å². The Kier molecular flexibility index (Phi) is 5.12. The molecule has 1 atom stereocenters. The van der Waals surface area contributed by atoms with Gasteiger partial charge < -0.3 is 9.73 Å². The zero-order valence-electron chi connectivity index (χ0n) is 11.5. The van der Waals surface area contributed by atoms with E-state index in [-0.39, 0.29) is 0 Å². The third-order valence-electron chi connectivity index (χ3n) is 3.25. The van der Waals surface area contributed by atoms with Crippen LogP contribution in [0.3, 0.4) is 0 Å². The van der Waals surface area contributed by atoms with Gasteiger partial charge in [-0.05, 0) is 43.8 Å². The second kappa shape index (κ2) is 7.07. The van der Waals surface area contributed by atoms with Crippen molar-refractivity contribution in [3.8, 4) is 0 Å². The number of rotatable bonds is 7. The van der Waals surface area contributed by atoms with Gasteiger partial charge in [0.1, 0.15) is 5.76 Å². The van der Waals surface area contributed by atoms with Crippen molar-refractivity contribution in [1.82, 2.24) is 15.2 Å². The molecule has 19 heavy (non-hydrogen) atoms. The van der Waals surface area contributed by atoms with Gasteiger partial charge in [-0.25, -0.2) is 0 Å². The summed E-state index contributed by atoms with van der Waals surface area (Å²) in [7, 11) is 2.14. The fraction of sp³-hybridized carbons (Fsp3) is 0.400. The summed E-state index contributed by atoms with van der Waals surface area (Å²) in [6, 6.07) is 8.47. The molecule has 0 aliphatic rings. The average molecular weight is 259 g/mol. The molecule has 0 saturated carbocycles. The second-order valence-corrected chi connectivity index (χ2v) is 4.83. The number of nitrogens with one attached hydrogen (secondary N) is 1. The van der Waals surface area contributed by atoms with E-state index in [0.717, 1.165) is 25.4 Å². The lowest BCUT2D eigenvalue weighted by Crippen LogP contribution is -2.37. The summed E-state index contributed by atoms with van der Waals surface area (Å²) < 4.78 is 5.29. The highest BCUT2D eigenvalue weighted by Gasteiger charge is 2.09. The molecule has 2 heterocycles. The van der Waals surface area contributed by atoms with Crippen LogP contribution in [0.4, 0.5) is 0 Å². The van der Waals surface area contributed by atoms with E-state index in [2.05, 4.69) is 41.3 Å². The minimum atomic E-state index is 0.461. The van der Waals surface area contributed by atoms with Crippen molar-refractivity contribution < 1.29 is 4.42 Å². The predicted molar refractivity (Wildman–Crippen MR) is 75.6 cm³/mol. The molecular weight excluding hydrogens is 238 g/mol. The molecule has 102 valence electrons. The predicted octanol–water partition coefficient (Wildman–Crippen LogP) is 2.28. The highest BCUT2D eigenvalue weighted by Crippen LogP contribution is 2.05. The van der Waals surface area contributed by atoms with E-state index in [0.29, 0.717) is 6.04 Å². The summed E-state index contributed by atoms with van der Waals surface area (Å²) in [5, 5.41) is 3.41. The van der Waals surface area contributed by atoms with Gasteiger partial charge in [0.2, 0.25) is 0 Å². The maximum Gasteiger partial charge on any atom is 0.117 e. The van der Waals surface area contributed by atoms with E-state index < -0.39 is 0 Å². The van der Waals surface area contributed by atoms with Crippen LogP contribution in [0.25, 0.3) is 0 Å². The molecule has 1 unspecified atom stereocenters. The Hall–Kier alpha value is -1.65. The molecule has 0 aliphatic heterocycles. The molecule has 2 aromatic heterocycles. The molecule has 0 saturated heterocycles. The van der Waals surface area contributed by atoms with E-state index >= 15 is 0 Å². The SMILES string of the molecule is CC(CNCc1ccco1)N(C)Cc1ccncc1. The first-order valence-corrected chi connectivity index (χ1v) is 6.58. The molecule has 2 aromatic rings. The fourth-order valence-electron chi connectivity index (χ4n) is 1.91. The third kappa shape index (κ3) is 4.50. The highest BCUT2D eigenvalue weighted by atomic mass is 16.3. The first kappa shape index (κ1) is 13.8. The topological polar surface area (TPSA) is 41.3 Å². The Bertz CT molecular complexity index is 456. The van der Waals surface area contributed by atoms with E-state index in [4.69, 9.17) is 4.42 Å². The molecular formula is C15H21N3O. The number of furan rings is 1.